The average Bonchev–Trinajstić information content (AvgIpc) is 2.55. The number of benzene rings is 1. The van der Waals surface area contributed by atoms with Gasteiger partial charge in [0.25, 0.3) is 0 Å². The Hall–Kier alpha value is -0.980. The van der Waals surface area contributed by atoms with Crippen LogP contribution in [0.3, 0.4) is 0 Å². The van der Waals surface area contributed by atoms with Gasteiger partial charge in [0.2, 0.25) is 0 Å². The van der Waals surface area contributed by atoms with Gasteiger partial charge in [-0.1, -0.05) is 25.1 Å². The van der Waals surface area contributed by atoms with Crippen LogP contribution >= 0.6 is 0 Å². The van der Waals surface area contributed by atoms with Crippen molar-refractivity contribution >= 4 is 5.69 Å². The lowest BCUT2D eigenvalue weighted by atomic mass is 10.1. The van der Waals surface area contributed by atoms with Gasteiger partial charge in [-0.3, -0.25) is 0 Å². The van der Waals surface area contributed by atoms with Gasteiger partial charge in [0, 0.05) is 17.8 Å². The monoisotopic (exact) mass is 189 g/mol. The Labute approximate surface area is 86.7 Å². The van der Waals surface area contributed by atoms with Crippen LogP contribution in [0.4, 0.5) is 5.69 Å². The number of fused-ring (bicyclic) bond motifs is 1. The molecule has 1 aromatic rings. The second-order valence-electron chi connectivity index (χ2n) is 4.40. The Balaban J connectivity index is 2.37. The Bertz CT molecular complexity index is 317. The highest BCUT2D eigenvalue weighted by molar-refractivity contribution is 5.59. The van der Waals surface area contributed by atoms with Gasteiger partial charge in [-0.05, 0) is 38.3 Å². The van der Waals surface area contributed by atoms with Gasteiger partial charge in [0.15, 0.2) is 0 Å². The third-order valence-corrected chi connectivity index (χ3v) is 3.15. The largest absolute Gasteiger partial charge is 0.366 e. The molecule has 1 aliphatic rings. The molecule has 0 saturated heterocycles. The van der Waals surface area contributed by atoms with Crippen LogP contribution < -0.4 is 4.90 Å². The van der Waals surface area contributed by atoms with Crippen LogP contribution in [0.2, 0.25) is 0 Å². The lowest BCUT2D eigenvalue weighted by Crippen LogP contribution is -2.37. The number of hydrogen-bond acceptors (Lipinski definition) is 1. The summed E-state index contributed by atoms with van der Waals surface area (Å²) >= 11 is 0. The van der Waals surface area contributed by atoms with E-state index >= 15 is 0 Å². The van der Waals surface area contributed by atoms with Crippen LogP contribution in [0.5, 0.6) is 0 Å². The molecule has 76 valence electrons. The molecule has 0 saturated carbocycles. The molecule has 0 N–H and O–H groups in total. The lowest BCUT2D eigenvalue weighted by Gasteiger charge is -2.30. The van der Waals surface area contributed by atoms with Crippen LogP contribution in [0.15, 0.2) is 24.3 Å². The zero-order valence-electron chi connectivity index (χ0n) is 9.33. The van der Waals surface area contributed by atoms with E-state index in [0.29, 0.717) is 12.1 Å². The molecule has 0 fully saturated rings. The number of para-hydroxylation sites is 1. The van der Waals surface area contributed by atoms with Crippen LogP contribution in [-0.4, -0.2) is 12.1 Å². The van der Waals surface area contributed by atoms with Crippen molar-refractivity contribution in [3.63, 3.8) is 0 Å². The van der Waals surface area contributed by atoms with Gasteiger partial charge in [0.05, 0.1) is 0 Å². The maximum absolute atomic E-state index is 2.56. The minimum Gasteiger partial charge on any atom is -0.366 e. The Morgan fingerprint density at radius 1 is 1.36 bits per heavy atom. The molecule has 1 nitrogen and oxygen atoms in total. The van der Waals surface area contributed by atoms with Crippen molar-refractivity contribution < 1.29 is 0 Å². The summed E-state index contributed by atoms with van der Waals surface area (Å²) in [5.41, 5.74) is 2.97. The first-order valence-corrected chi connectivity index (χ1v) is 5.60. The van der Waals surface area contributed by atoms with Gasteiger partial charge >= 0.3 is 0 Å². The maximum Gasteiger partial charge on any atom is 0.0404 e. The predicted molar refractivity (Wildman–Crippen MR) is 61.8 cm³/mol. The second kappa shape index (κ2) is 3.64. The van der Waals surface area contributed by atoms with Crippen LogP contribution in [0.1, 0.15) is 32.8 Å². The minimum atomic E-state index is 0.614. The molecule has 0 spiro atoms. The summed E-state index contributed by atoms with van der Waals surface area (Å²) < 4.78 is 0. The van der Waals surface area contributed by atoms with E-state index in [-0.39, 0.29) is 0 Å². The lowest BCUT2D eigenvalue weighted by molar-refractivity contribution is 0.556. The molecule has 14 heavy (non-hydrogen) atoms. The second-order valence-corrected chi connectivity index (χ2v) is 4.40. The molecule has 2 rings (SSSR count). The zero-order valence-corrected chi connectivity index (χ0v) is 9.33. The zero-order chi connectivity index (χ0) is 10.1. The van der Waals surface area contributed by atoms with Crippen molar-refractivity contribution in [3.05, 3.63) is 29.8 Å². The van der Waals surface area contributed by atoms with E-state index < -0.39 is 0 Å². The van der Waals surface area contributed by atoms with E-state index in [4.69, 9.17) is 0 Å². The molecule has 0 amide bonds. The highest BCUT2D eigenvalue weighted by Gasteiger charge is 2.28. The Kier molecular flexibility index (Phi) is 2.49. The quantitative estimate of drug-likeness (QED) is 0.690. The van der Waals surface area contributed by atoms with Crippen molar-refractivity contribution in [2.75, 3.05) is 4.90 Å². The Morgan fingerprint density at radius 3 is 2.71 bits per heavy atom. The molecule has 1 atom stereocenters. The van der Waals surface area contributed by atoms with Gasteiger partial charge in [-0.15, -0.1) is 0 Å². The molecule has 0 aliphatic carbocycles. The van der Waals surface area contributed by atoms with E-state index in [1.807, 2.05) is 0 Å². The summed E-state index contributed by atoms with van der Waals surface area (Å²) in [6.07, 6.45) is 2.47. The molecule has 0 bridgehead atoms. The molecule has 1 heterocycles. The number of rotatable bonds is 2. The molecule has 1 heteroatoms. The van der Waals surface area contributed by atoms with Gasteiger partial charge < -0.3 is 4.90 Å². The molecule has 0 unspecified atom stereocenters. The fourth-order valence-corrected chi connectivity index (χ4v) is 2.53. The normalized spacial score (nSPS) is 20.3. The molecule has 0 aromatic heterocycles. The van der Waals surface area contributed by atoms with E-state index in [0.717, 1.165) is 0 Å². The summed E-state index contributed by atoms with van der Waals surface area (Å²) in [4.78, 5) is 2.56. The van der Waals surface area contributed by atoms with E-state index in [2.05, 4.69) is 49.9 Å². The smallest absolute Gasteiger partial charge is 0.0404 e. The summed E-state index contributed by atoms with van der Waals surface area (Å²) in [6, 6.07) is 10.1. The standard InChI is InChI=1S/C13H19N/c1-4-12-9-11-7-5-6-8-13(11)14(12)10(2)3/h5-8,10,12H,4,9H2,1-3H3/t12-/m1/s1. The van der Waals surface area contributed by atoms with Crippen LogP contribution in [0.25, 0.3) is 0 Å². The summed E-state index contributed by atoms with van der Waals surface area (Å²) in [7, 11) is 0. The van der Waals surface area contributed by atoms with Gasteiger partial charge in [-0.2, -0.15) is 0 Å². The van der Waals surface area contributed by atoms with Crippen molar-refractivity contribution in [1.29, 1.82) is 0 Å². The SMILES string of the molecule is CC[C@@H]1Cc2ccccc2N1C(C)C. The average molecular weight is 189 g/mol. The van der Waals surface area contributed by atoms with Gasteiger partial charge in [0.1, 0.15) is 0 Å². The molecule has 0 radical (unpaired) electrons. The first-order chi connectivity index (χ1) is 6.74. The first kappa shape index (κ1) is 9.57. The Morgan fingerprint density at radius 2 is 2.07 bits per heavy atom. The molecular weight excluding hydrogens is 170 g/mol. The molecular formula is C13H19N. The first-order valence-electron chi connectivity index (χ1n) is 5.60. The van der Waals surface area contributed by atoms with Gasteiger partial charge in [-0.25, -0.2) is 0 Å². The number of hydrogen-bond donors (Lipinski definition) is 0. The highest BCUT2D eigenvalue weighted by atomic mass is 15.2. The van der Waals surface area contributed by atoms with Crippen molar-refractivity contribution in [2.24, 2.45) is 0 Å². The van der Waals surface area contributed by atoms with E-state index in [9.17, 15) is 0 Å². The van der Waals surface area contributed by atoms with E-state index in [1.165, 1.54) is 24.1 Å². The summed E-state index contributed by atoms with van der Waals surface area (Å²) in [5.74, 6) is 0. The maximum atomic E-state index is 2.56. The predicted octanol–water partition coefficient (Wildman–Crippen LogP) is 3.24. The topological polar surface area (TPSA) is 3.24 Å². The molecule has 1 aliphatic heterocycles. The van der Waals surface area contributed by atoms with Crippen molar-refractivity contribution in [2.45, 2.75) is 45.7 Å². The summed E-state index contributed by atoms with van der Waals surface area (Å²) in [6.45, 7) is 6.85. The van der Waals surface area contributed by atoms with Crippen LogP contribution in [0, 0.1) is 0 Å². The van der Waals surface area contributed by atoms with Crippen molar-refractivity contribution in [1.82, 2.24) is 0 Å². The minimum absolute atomic E-state index is 0.614. The summed E-state index contributed by atoms with van der Waals surface area (Å²) in [5, 5.41) is 0. The molecule has 1 aromatic carbocycles. The number of nitrogens with zero attached hydrogens (tertiary/aromatic N) is 1. The van der Waals surface area contributed by atoms with Crippen LogP contribution in [-0.2, 0) is 6.42 Å². The third kappa shape index (κ3) is 1.41. The van der Waals surface area contributed by atoms with E-state index in [1.54, 1.807) is 0 Å². The fourth-order valence-electron chi connectivity index (χ4n) is 2.53. The number of anilines is 1. The highest BCUT2D eigenvalue weighted by Crippen LogP contribution is 2.34. The van der Waals surface area contributed by atoms with Crippen molar-refractivity contribution in [3.8, 4) is 0 Å². The third-order valence-electron chi connectivity index (χ3n) is 3.15. The fraction of sp³-hybridized carbons (Fsp3) is 0.538.